The van der Waals surface area contributed by atoms with Crippen LogP contribution in [0.25, 0.3) is 0 Å². The van der Waals surface area contributed by atoms with E-state index < -0.39 is 0 Å². The summed E-state index contributed by atoms with van der Waals surface area (Å²) in [6.07, 6.45) is 9.33. The molecule has 0 amide bonds. The highest BCUT2D eigenvalue weighted by molar-refractivity contribution is 9.10. The molecule has 116 valence electrons. The third-order valence-corrected chi connectivity index (χ3v) is 6.10. The van der Waals surface area contributed by atoms with Crippen LogP contribution in [-0.4, -0.2) is 16.6 Å². The summed E-state index contributed by atoms with van der Waals surface area (Å²) in [7, 11) is 0. The van der Waals surface area contributed by atoms with Gasteiger partial charge < -0.3 is 4.74 Å². The van der Waals surface area contributed by atoms with Crippen molar-refractivity contribution in [1.82, 2.24) is 9.97 Å². The highest BCUT2D eigenvalue weighted by Crippen LogP contribution is 2.44. The monoisotopic (exact) mass is 372 g/mol. The molecule has 2 fully saturated rings. The van der Waals surface area contributed by atoms with Gasteiger partial charge in [-0.3, -0.25) is 0 Å². The molecule has 0 saturated heterocycles. The molecule has 2 aliphatic rings. The van der Waals surface area contributed by atoms with Crippen LogP contribution in [0, 0.1) is 0 Å². The zero-order valence-electron chi connectivity index (χ0n) is 12.5. The summed E-state index contributed by atoms with van der Waals surface area (Å²) in [6.45, 7) is 2.73. The Labute approximate surface area is 140 Å². The Morgan fingerprint density at radius 1 is 1.19 bits per heavy atom. The molecule has 1 heterocycles. The third-order valence-electron chi connectivity index (χ3n) is 4.82. The topological polar surface area (TPSA) is 35.0 Å². The number of nitrogens with zero attached hydrogens (tertiary/aromatic N) is 2. The smallest absolute Gasteiger partial charge is 0.162 e. The molecule has 0 aromatic carbocycles. The van der Waals surface area contributed by atoms with Crippen molar-refractivity contribution in [3.8, 4) is 0 Å². The summed E-state index contributed by atoms with van der Waals surface area (Å²) in [6, 6.07) is 0. The lowest BCUT2D eigenvalue weighted by atomic mass is 9.99. The Balaban J connectivity index is 2.02. The molecular formula is C16H22BrClN2O. The van der Waals surface area contributed by atoms with Gasteiger partial charge in [-0.15, -0.1) is 0 Å². The van der Waals surface area contributed by atoms with Gasteiger partial charge in [-0.05, 0) is 61.4 Å². The maximum atomic E-state index is 6.38. The molecule has 2 aliphatic carbocycles. The van der Waals surface area contributed by atoms with Crippen molar-refractivity contribution >= 4 is 27.5 Å². The van der Waals surface area contributed by atoms with E-state index in [4.69, 9.17) is 21.3 Å². The summed E-state index contributed by atoms with van der Waals surface area (Å²) in [4.78, 5) is 9.48. The molecule has 1 aromatic rings. The van der Waals surface area contributed by atoms with Gasteiger partial charge in [0.05, 0.1) is 10.2 Å². The molecule has 0 atom stereocenters. The number of rotatable bonds is 4. The Hall–Kier alpha value is -0.190. The summed E-state index contributed by atoms with van der Waals surface area (Å²) in [5.74, 6) is 1.32. The van der Waals surface area contributed by atoms with Crippen molar-refractivity contribution in [3.63, 3.8) is 0 Å². The van der Waals surface area contributed by atoms with Crippen LogP contribution < -0.4 is 0 Å². The highest BCUT2D eigenvalue weighted by atomic mass is 79.9. The van der Waals surface area contributed by atoms with Crippen molar-refractivity contribution in [2.24, 2.45) is 0 Å². The van der Waals surface area contributed by atoms with Crippen LogP contribution in [0.4, 0.5) is 0 Å². The largest absolute Gasteiger partial charge is 0.367 e. The average Bonchev–Trinajstić information content (AvgIpc) is 3.13. The van der Waals surface area contributed by atoms with Gasteiger partial charge in [0.25, 0.3) is 0 Å². The molecule has 0 radical (unpaired) electrons. The van der Waals surface area contributed by atoms with Crippen molar-refractivity contribution < 1.29 is 4.74 Å². The summed E-state index contributed by atoms with van der Waals surface area (Å²) < 4.78 is 6.97. The van der Waals surface area contributed by atoms with Crippen LogP contribution in [0.2, 0.25) is 5.15 Å². The van der Waals surface area contributed by atoms with Gasteiger partial charge in [0.15, 0.2) is 5.82 Å². The zero-order chi connectivity index (χ0) is 14.9. The van der Waals surface area contributed by atoms with E-state index in [9.17, 15) is 0 Å². The van der Waals surface area contributed by atoms with E-state index in [2.05, 4.69) is 20.9 Å². The summed E-state index contributed by atoms with van der Waals surface area (Å²) in [5, 5.41) is 0.535. The molecule has 0 N–H and O–H groups in total. The number of aromatic nitrogens is 2. The first-order chi connectivity index (χ1) is 10.2. The Morgan fingerprint density at radius 3 is 2.48 bits per heavy atom. The molecule has 3 rings (SSSR count). The maximum absolute atomic E-state index is 6.38. The molecule has 1 aromatic heterocycles. The lowest BCUT2D eigenvalue weighted by molar-refractivity contribution is -0.0459. The van der Waals surface area contributed by atoms with Gasteiger partial charge in [0, 0.05) is 12.5 Å². The predicted molar refractivity (Wildman–Crippen MR) is 87.7 cm³/mol. The lowest BCUT2D eigenvalue weighted by Crippen LogP contribution is -2.29. The normalized spacial score (nSPS) is 22.0. The van der Waals surface area contributed by atoms with Crippen LogP contribution in [-0.2, 0) is 10.3 Å². The average molecular weight is 374 g/mol. The number of ether oxygens (including phenoxy) is 1. The van der Waals surface area contributed by atoms with Crippen LogP contribution in [0.15, 0.2) is 4.47 Å². The fourth-order valence-corrected chi connectivity index (χ4v) is 4.44. The summed E-state index contributed by atoms with van der Waals surface area (Å²) in [5.41, 5.74) is 0.778. The standard InChI is InChI=1S/C16H22BrClN2O/c1-2-21-16(9-5-6-10-16)15-19-13(11-7-3-4-8-11)12(17)14(18)20-15/h11H,2-10H2,1H3. The Morgan fingerprint density at radius 2 is 1.86 bits per heavy atom. The molecule has 0 unspecified atom stereocenters. The fraction of sp³-hybridized carbons (Fsp3) is 0.750. The molecule has 21 heavy (non-hydrogen) atoms. The van der Waals surface area contributed by atoms with Gasteiger partial charge in [-0.1, -0.05) is 24.4 Å². The summed E-state index contributed by atoms with van der Waals surface area (Å²) >= 11 is 9.98. The molecule has 0 spiro atoms. The lowest BCUT2D eigenvalue weighted by Gasteiger charge is -2.28. The predicted octanol–water partition coefficient (Wildman–Crippen LogP) is 5.36. The number of halogens is 2. The minimum Gasteiger partial charge on any atom is -0.367 e. The third kappa shape index (κ3) is 2.99. The second-order valence-corrected chi connectivity index (χ2v) is 7.30. The number of hydrogen-bond donors (Lipinski definition) is 0. The van der Waals surface area contributed by atoms with Crippen molar-refractivity contribution in [2.75, 3.05) is 6.61 Å². The van der Waals surface area contributed by atoms with Crippen molar-refractivity contribution in [2.45, 2.75) is 69.8 Å². The van der Waals surface area contributed by atoms with E-state index in [-0.39, 0.29) is 5.60 Å². The van der Waals surface area contributed by atoms with E-state index in [0.29, 0.717) is 17.7 Å². The fourth-order valence-electron chi connectivity index (χ4n) is 3.76. The van der Waals surface area contributed by atoms with Crippen LogP contribution in [0.5, 0.6) is 0 Å². The molecule has 5 heteroatoms. The second kappa shape index (κ2) is 6.51. The van der Waals surface area contributed by atoms with Crippen LogP contribution >= 0.6 is 27.5 Å². The van der Waals surface area contributed by atoms with Crippen LogP contribution in [0.3, 0.4) is 0 Å². The van der Waals surface area contributed by atoms with Gasteiger partial charge in [0.2, 0.25) is 0 Å². The van der Waals surface area contributed by atoms with E-state index in [1.165, 1.54) is 38.5 Å². The van der Waals surface area contributed by atoms with Gasteiger partial charge in [0.1, 0.15) is 10.8 Å². The van der Waals surface area contributed by atoms with Crippen molar-refractivity contribution in [1.29, 1.82) is 0 Å². The van der Waals surface area contributed by atoms with Crippen molar-refractivity contribution in [3.05, 3.63) is 21.1 Å². The molecule has 0 aliphatic heterocycles. The van der Waals surface area contributed by atoms with Gasteiger partial charge in [-0.2, -0.15) is 0 Å². The Kier molecular flexibility index (Phi) is 4.87. The van der Waals surface area contributed by atoms with E-state index in [0.717, 1.165) is 28.8 Å². The first-order valence-corrected chi connectivity index (χ1v) is 9.21. The molecular weight excluding hydrogens is 352 g/mol. The SMILES string of the molecule is CCOC1(c2nc(Cl)c(Br)c(C3CCCC3)n2)CCCC1. The van der Waals surface area contributed by atoms with Gasteiger partial charge >= 0.3 is 0 Å². The first-order valence-electron chi connectivity index (χ1n) is 8.03. The second-order valence-electron chi connectivity index (χ2n) is 6.15. The molecule has 0 bridgehead atoms. The number of hydrogen-bond acceptors (Lipinski definition) is 3. The zero-order valence-corrected chi connectivity index (χ0v) is 14.8. The van der Waals surface area contributed by atoms with E-state index >= 15 is 0 Å². The van der Waals surface area contributed by atoms with Crippen LogP contribution in [0.1, 0.15) is 75.7 Å². The highest BCUT2D eigenvalue weighted by Gasteiger charge is 2.40. The Bertz CT molecular complexity index is 511. The molecule has 3 nitrogen and oxygen atoms in total. The molecule has 2 saturated carbocycles. The van der Waals surface area contributed by atoms with Gasteiger partial charge in [-0.25, -0.2) is 9.97 Å². The first kappa shape index (κ1) is 15.7. The van der Waals surface area contributed by atoms with E-state index in [1.807, 2.05) is 6.92 Å². The maximum Gasteiger partial charge on any atom is 0.162 e. The minimum atomic E-state index is -0.313. The minimum absolute atomic E-state index is 0.313. The van der Waals surface area contributed by atoms with E-state index in [1.54, 1.807) is 0 Å². The quantitative estimate of drug-likeness (QED) is 0.667.